The monoisotopic (exact) mass is 360 g/mol. The molecule has 1 N–H and O–H groups in total. The average Bonchev–Trinajstić information content (AvgIpc) is 3.30. The molecule has 0 bridgehead atoms. The molecular weight excluding hydrogens is 340 g/mol. The number of Topliss-reactive ketones (excluding diaryl/α,β-unsaturated/α-hetero) is 2. The Morgan fingerprint density at radius 2 is 1.67 bits per heavy atom. The Bertz CT molecular complexity index is 1150. The van der Waals surface area contributed by atoms with Crippen molar-refractivity contribution >= 4 is 33.6 Å². The molecule has 136 valence electrons. The highest BCUT2D eigenvalue weighted by Crippen LogP contribution is 2.28. The summed E-state index contributed by atoms with van der Waals surface area (Å²) in [5, 5.41) is 1.36. The van der Waals surface area contributed by atoms with Gasteiger partial charge in [0, 0.05) is 41.6 Å². The maximum atomic E-state index is 13.1. The fourth-order valence-corrected chi connectivity index (χ4v) is 3.61. The van der Waals surface area contributed by atoms with Gasteiger partial charge in [0.25, 0.3) is 0 Å². The molecule has 0 spiro atoms. The van der Waals surface area contributed by atoms with Crippen LogP contribution in [0.4, 0.5) is 0 Å². The Kier molecular flexibility index (Phi) is 4.32. The van der Waals surface area contributed by atoms with E-state index in [1.165, 1.54) is 0 Å². The number of pyridine rings is 2. The molecule has 0 saturated carbocycles. The number of H-pyrrole nitrogens is 1. The minimum absolute atomic E-state index is 0.233. The molecule has 0 aromatic carbocycles. The Morgan fingerprint density at radius 3 is 2.41 bits per heavy atom. The van der Waals surface area contributed by atoms with Crippen molar-refractivity contribution in [1.82, 2.24) is 19.5 Å². The van der Waals surface area contributed by atoms with Gasteiger partial charge in [-0.15, -0.1) is 0 Å². The number of nitrogens with zero attached hydrogens (tertiary/aromatic N) is 3. The van der Waals surface area contributed by atoms with E-state index in [1.54, 1.807) is 43.0 Å². The summed E-state index contributed by atoms with van der Waals surface area (Å²) in [4.78, 5) is 37.6. The maximum Gasteiger partial charge on any atom is 0.235 e. The van der Waals surface area contributed by atoms with Gasteiger partial charge < -0.3 is 9.55 Å². The van der Waals surface area contributed by atoms with Crippen molar-refractivity contribution < 1.29 is 9.59 Å². The number of aromatic nitrogens is 4. The molecule has 4 aromatic heterocycles. The minimum atomic E-state index is -0.540. The summed E-state index contributed by atoms with van der Waals surface area (Å²) in [7, 11) is 0. The van der Waals surface area contributed by atoms with E-state index in [-0.39, 0.29) is 6.04 Å². The molecule has 27 heavy (non-hydrogen) atoms. The molecule has 4 aromatic rings. The Labute approximate surface area is 156 Å². The van der Waals surface area contributed by atoms with Gasteiger partial charge in [-0.05, 0) is 37.1 Å². The lowest BCUT2D eigenvalue weighted by Gasteiger charge is -2.15. The second kappa shape index (κ2) is 6.79. The predicted molar refractivity (Wildman–Crippen MR) is 104 cm³/mol. The van der Waals surface area contributed by atoms with E-state index >= 15 is 0 Å². The summed E-state index contributed by atoms with van der Waals surface area (Å²) >= 11 is 0. The van der Waals surface area contributed by atoms with Crippen molar-refractivity contribution in [1.29, 1.82) is 0 Å². The number of aromatic amines is 1. The number of hydrogen-bond acceptors (Lipinski definition) is 4. The smallest absolute Gasteiger partial charge is 0.235 e. The van der Waals surface area contributed by atoms with E-state index in [1.807, 2.05) is 10.6 Å². The third-order valence-corrected chi connectivity index (χ3v) is 5.07. The van der Waals surface area contributed by atoms with E-state index in [2.05, 4.69) is 28.8 Å². The lowest BCUT2D eigenvalue weighted by atomic mass is 10.0. The molecule has 0 atom stereocenters. The molecule has 0 radical (unpaired) electrons. The molecular formula is C21H20N4O2. The highest BCUT2D eigenvalue weighted by molar-refractivity contribution is 6.52. The third kappa shape index (κ3) is 2.73. The fourth-order valence-electron chi connectivity index (χ4n) is 3.61. The molecule has 0 aliphatic heterocycles. The van der Waals surface area contributed by atoms with Crippen LogP contribution in [0.5, 0.6) is 0 Å². The molecule has 6 nitrogen and oxygen atoms in total. The van der Waals surface area contributed by atoms with Crippen molar-refractivity contribution in [3.63, 3.8) is 0 Å². The van der Waals surface area contributed by atoms with Crippen LogP contribution in [0.15, 0.2) is 49.1 Å². The van der Waals surface area contributed by atoms with Crippen molar-refractivity contribution in [3.8, 4) is 0 Å². The number of fused-ring (bicyclic) bond motifs is 2. The zero-order chi connectivity index (χ0) is 19.0. The molecule has 0 saturated heterocycles. The first-order chi connectivity index (χ1) is 13.2. The van der Waals surface area contributed by atoms with Crippen LogP contribution in [0.25, 0.3) is 22.1 Å². The number of ketones is 2. The summed E-state index contributed by atoms with van der Waals surface area (Å²) in [6.07, 6.45) is 8.53. The topological polar surface area (TPSA) is 80.6 Å². The van der Waals surface area contributed by atoms with Gasteiger partial charge in [-0.3, -0.25) is 9.59 Å². The number of carbonyl (C=O) groups is 2. The standard InChI is InChI=1S/C21H20N4O2/c1-3-13(4-2)25-12-17(15-8-6-10-23-21(15)25)19(27)18(26)16-11-24-20-14(16)7-5-9-22-20/h5-13H,3-4H2,1-2H3,(H,22,24). The van der Waals surface area contributed by atoms with Crippen LogP contribution in [0.2, 0.25) is 0 Å². The lowest BCUT2D eigenvalue weighted by Crippen LogP contribution is -2.14. The SMILES string of the molecule is CCC(CC)n1cc(C(=O)C(=O)c2c[nH]c3ncccc23)c2cccnc21. The van der Waals surface area contributed by atoms with Crippen LogP contribution in [-0.4, -0.2) is 31.1 Å². The molecule has 4 rings (SSSR count). The molecule has 0 unspecified atom stereocenters. The van der Waals surface area contributed by atoms with Gasteiger partial charge in [0.05, 0.1) is 11.1 Å². The first-order valence-electron chi connectivity index (χ1n) is 9.12. The molecule has 6 heteroatoms. The van der Waals surface area contributed by atoms with Gasteiger partial charge in [-0.25, -0.2) is 9.97 Å². The van der Waals surface area contributed by atoms with Gasteiger partial charge in [0.2, 0.25) is 11.6 Å². The van der Waals surface area contributed by atoms with Crippen molar-refractivity contribution in [3.05, 3.63) is 60.2 Å². The number of hydrogen-bond donors (Lipinski definition) is 1. The summed E-state index contributed by atoms with van der Waals surface area (Å²) in [5.41, 5.74) is 2.07. The molecule has 0 aliphatic carbocycles. The Hall–Kier alpha value is -3.28. The van der Waals surface area contributed by atoms with Gasteiger partial charge in [0.15, 0.2) is 0 Å². The number of nitrogens with one attached hydrogen (secondary N) is 1. The van der Waals surface area contributed by atoms with Crippen LogP contribution in [0, 0.1) is 0 Å². The van der Waals surface area contributed by atoms with Crippen molar-refractivity contribution in [2.75, 3.05) is 0 Å². The zero-order valence-corrected chi connectivity index (χ0v) is 15.3. The second-order valence-electron chi connectivity index (χ2n) is 6.56. The Morgan fingerprint density at radius 1 is 1.00 bits per heavy atom. The fraction of sp³-hybridized carbons (Fsp3) is 0.238. The largest absolute Gasteiger partial charge is 0.345 e. The van der Waals surface area contributed by atoms with Gasteiger partial charge in [-0.1, -0.05) is 13.8 Å². The van der Waals surface area contributed by atoms with Gasteiger partial charge >= 0.3 is 0 Å². The summed E-state index contributed by atoms with van der Waals surface area (Å²) in [5.74, 6) is -1.07. The summed E-state index contributed by atoms with van der Waals surface area (Å²) in [6.45, 7) is 4.21. The average molecular weight is 360 g/mol. The maximum absolute atomic E-state index is 13.1. The predicted octanol–water partition coefficient (Wildman–Crippen LogP) is 4.34. The van der Waals surface area contributed by atoms with Crippen LogP contribution in [0.3, 0.4) is 0 Å². The lowest BCUT2D eigenvalue weighted by molar-refractivity contribution is 0.0818. The molecule has 0 aliphatic rings. The Balaban J connectivity index is 1.82. The normalized spacial score (nSPS) is 11.5. The minimum Gasteiger partial charge on any atom is -0.345 e. The van der Waals surface area contributed by atoms with E-state index in [4.69, 9.17) is 0 Å². The van der Waals surface area contributed by atoms with E-state index in [0.717, 1.165) is 18.5 Å². The van der Waals surface area contributed by atoms with E-state index < -0.39 is 11.6 Å². The third-order valence-electron chi connectivity index (χ3n) is 5.07. The number of carbonyl (C=O) groups excluding carboxylic acids is 2. The summed E-state index contributed by atoms with van der Waals surface area (Å²) < 4.78 is 2.02. The second-order valence-corrected chi connectivity index (χ2v) is 6.56. The van der Waals surface area contributed by atoms with Crippen LogP contribution in [0.1, 0.15) is 53.4 Å². The van der Waals surface area contributed by atoms with Gasteiger partial charge in [0.1, 0.15) is 11.3 Å². The number of rotatable bonds is 6. The first kappa shape index (κ1) is 17.1. The van der Waals surface area contributed by atoms with Crippen LogP contribution >= 0.6 is 0 Å². The highest BCUT2D eigenvalue weighted by atomic mass is 16.2. The zero-order valence-electron chi connectivity index (χ0n) is 15.3. The van der Waals surface area contributed by atoms with Crippen molar-refractivity contribution in [2.24, 2.45) is 0 Å². The van der Waals surface area contributed by atoms with Gasteiger partial charge in [-0.2, -0.15) is 0 Å². The quantitative estimate of drug-likeness (QED) is 0.410. The highest BCUT2D eigenvalue weighted by Gasteiger charge is 2.26. The molecule has 4 heterocycles. The van der Waals surface area contributed by atoms with Crippen LogP contribution in [-0.2, 0) is 0 Å². The first-order valence-corrected chi connectivity index (χ1v) is 9.12. The van der Waals surface area contributed by atoms with Crippen LogP contribution < -0.4 is 0 Å². The molecule has 0 fully saturated rings. The summed E-state index contributed by atoms with van der Waals surface area (Å²) in [6, 6.07) is 7.40. The van der Waals surface area contributed by atoms with E-state index in [0.29, 0.717) is 27.5 Å². The molecule has 0 amide bonds. The van der Waals surface area contributed by atoms with Crippen molar-refractivity contribution in [2.45, 2.75) is 32.7 Å². The van der Waals surface area contributed by atoms with E-state index in [9.17, 15) is 9.59 Å².